The van der Waals surface area contributed by atoms with Gasteiger partial charge in [0.1, 0.15) is 4.21 Å². The van der Waals surface area contributed by atoms with Crippen molar-refractivity contribution in [3.05, 3.63) is 53.4 Å². The molecule has 1 aromatic carbocycles. The number of carbonyl (C=O) groups excluding carboxylic acids is 1. The zero-order valence-electron chi connectivity index (χ0n) is 19.1. The Morgan fingerprint density at radius 3 is 2.48 bits per heavy atom. The van der Waals surface area contributed by atoms with Gasteiger partial charge in [-0.25, -0.2) is 8.42 Å². The molecule has 0 bridgehead atoms. The second-order valence-electron chi connectivity index (χ2n) is 8.88. The molecule has 180 valence electrons. The van der Waals surface area contributed by atoms with Crippen LogP contribution in [0, 0.1) is 5.92 Å². The Bertz CT molecular complexity index is 974. The smallest absolute Gasteiger partial charge is 0.252 e. The lowest BCUT2D eigenvalue weighted by Gasteiger charge is -2.34. The number of hydrogen-bond acceptors (Lipinski definition) is 6. The summed E-state index contributed by atoms with van der Waals surface area (Å²) in [7, 11) is -3.49. The molecule has 2 aromatic rings. The van der Waals surface area contributed by atoms with Crippen LogP contribution >= 0.6 is 11.3 Å². The van der Waals surface area contributed by atoms with Crippen molar-refractivity contribution in [1.82, 2.24) is 19.4 Å². The summed E-state index contributed by atoms with van der Waals surface area (Å²) >= 11 is 1.23. The molecule has 0 spiro atoms. The van der Waals surface area contributed by atoms with Crippen molar-refractivity contribution in [2.45, 2.75) is 30.0 Å². The Morgan fingerprint density at radius 1 is 1.00 bits per heavy atom. The van der Waals surface area contributed by atoms with Gasteiger partial charge < -0.3 is 10.2 Å². The highest BCUT2D eigenvalue weighted by atomic mass is 32.2. The maximum Gasteiger partial charge on any atom is 0.252 e. The standard InChI is InChI=1S/C24H34N4O3S2/c29-24(22-9-4-13-28(20-22)33(30,31)23-10-5-18-32-23)25-11-6-12-26-14-16-27(17-15-26)19-21-7-2-1-3-8-21/h1-3,5,7-8,10,18,22H,4,6,9,11-17,19-20H2,(H,25,29). The van der Waals surface area contributed by atoms with E-state index in [1.807, 2.05) is 0 Å². The summed E-state index contributed by atoms with van der Waals surface area (Å²) in [5, 5.41) is 4.81. The highest BCUT2D eigenvalue weighted by molar-refractivity contribution is 7.91. The van der Waals surface area contributed by atoms with Gasteiger partial charge in [0.25, 0.3) is 10.0 Å². The van der Waals surface area contributed by atoms with Crippen LogP contribution < -0.4 is 5.32 Å². The molecule has 9 heteroatoms. The van der Waals surface area contributed by atoms with Gasteiger partial charge in [0.15, 0.2) is 0 Å². The number of thiophene rings is 1. The molecule has 1 N–H and O–H groups in total. The minimum atomic E-state index is -3.49. The number of benzene rings is 1. The van der Waals surface area contributed by atoms with Gasteiger partial charge >= 0.3 is 0 Å². The largest absolute Gasteiger partial charge is 0.356 e. The molecule has 4 rings (SSSR count). The van der Waals surface area contributed by atoms with Crippen molar-refractivity contribution in [2.75, 3.05) is 52.4 Å². The first-order chi connectivity index (χ1) is 16.0. The quantitative estimate of drug-likeness (QED) is 0.547. The number of sulfonamides is 1. The first kappa shape index (κ1) is 24.3. The lowest BCUT2D eigenvalue weighted by Crippen LogP contribution is -2.47. The van der Waals surface area contributed by atoms with E-state index < -0.39 is 10.0 Å². The molecule has 7 nitrogen and oxygen atoms in total. The molecule has 1 amide bonds. The molecule has 1 atom stereocenters. The fourth-order valence-corrected chi connectivity index (χ4v) is 7.25. The third-order valence-corrected chi connectivity index (χ3v) is 9.75. The van der Waals surface area contributed by atoms with E-state index in [1.54, 1.807) is 17.5 Å². The second-order valence-corrected chi connectivity index (χ2v) is 12.0. The first-order valence-corrected chi connectivity index (χ1v) is 14.1. The molecule has 2 saturated heterocycles. The van der Waals surface area contributed by atoms with Crippen LogP contribution in [0.15, 0.2) is 52.1 Å². The van der Waals surface area contributed by atoms with Gasteiger partial charge in [-0.2, -0.15) is 4.31 Å². The molecule has 2 aliphatic rings. The van der Waals surface area contributed by atoms with Crippen LogP contribution in [0.4, 0.5) is 0 Å². The third-order valence-electron chi connectivity index (χ3n) is 6.51. The number of carbonyl (C=O) groups is 1. The Labute approximate surface area is 201 Å². The fraction of sp³-hybridized carbons (Fsp3) is 0.542. The number of piperidine rings is 1. The summed E-state index contributed by atoms with van der Waals surface area (Å²) in [6, 6.07) is 14.0. The van der Waals surface area contributed by atoms with Gasteiger partial charge in [-0.15, -0.1) is 11.3 Å². The Kier molecular flexibility index (Phi) is 8.54. The van der Waals surface area contributed by atoms with Crippen LogP contribution in [0.2, 0.25) is 0 Å². The van der Waals surface area contributed by atoms with E-state index in [2.05, 4.69) is 45.4 Å². The normalized spacial score (nSPS) is 21.2. The lowest BCUT2D eigenvalue weighted by atomic mass is 9.99. The second kappa shape index (κ2) is 11.6. The van der Waals surface area contributed by atoms with E-state index in [0.717, 1.165) is 58.5 Å². The van der Waals surface area contributed by atoms with E-state index in [1.165, 1.54) is 21.2 Å². The van der Waals surface area contributed by atoms with Gasteiger partial charge in [0.05, 0.1) is 5.92 Å². The van der Waals surface area contributed by atoms with Crippen molar-refractivity contribution in [3.8, 4) is 0 Å². The molecule has 0 aliphatic carbocycles. The monoisotopic (exact) mass is 490 g/mol. The summed E-state index contributed by atoms with van der Waals surface area (Å²) in [5.74, 6) is -0.288. The van der Waals surface area contributed by atoms with Crippen LogP contribution in [0.25, 0.3) is 0 Å². The van der Waals surface area contributed by atoms with Crippen molar-refractivity contribution in [2.24, 2.45) is 5.92 Å². The highest BCUT2D eigenvalue weighted by Crippen LogP contribution is 2.26. The van der Waals surface area contributed by atoms with Crippen LogP contribution in [-0.2, 0) is 21.4 Å². The maximum absolute atomic E-state index is 12.8. The number of hydrogen-bond donors (Lipinski definition) is 1. The van der Waals surface area contributed by atoms with Crippen molar-refractivity contribution < 1.29 is 13.2 Å². The molecule has 33 heavy (non-hydrogen) atoms. The fourth-order valence-electron chi connectivity index (χ4n) is 4.58. The zero-order valence-corrected chi connectivity index (χ0v) is 20.7. The van der Waals surface area contributed by atoms with E-state index in [4.69, 9.17) is 0 Å². The van der Waals surface area contributed by atoms with Gasteiger partial charge in [0, 0.05) is 52.4 Å². The summed E-state index contributed by atoms with van der Waals surface area (Å²) in [6.07, 6.45) is 2.37. The first-order valence-electron chi connectivity index (χ1n) is 11.8. The van der Waals surface area contributed by atoms with Crippen molar-refractivity contribution >= 4 is 27.3 Å². The topological polar surface area (TPSA) is 73.0 Å². The van der Waals surface area contributed by atoms with Crippen molar-refractivity contribution in [3.63, 3.8) is 0 Å². The van der Waals surface area contributed by atoms with Gasteiger partial charge in [-0.3, -0.25) is 9.69 Å². The van der Waals surface area contributed by atoms with E-state index in [9.17, 15) is 13.2 Å². The van der Waals surface area contributed by atoms with Crippen molar-refractivity contribution in [1.29, 1.82) is 0 Å². The summed E-state index contributed by atoms with van der Waals surface area (Å²) in [5.41, 5.74) is 1.36. The molecular formula is C24H34N4O3S2. The molecule has 0 radical (unpaired) electrons. The van der Waals surface area contributed by atoms with Crippen LogP contribution in [-0.4, -0.2) is 80.8 Å². The number of amides is 1. The van der Waals surface area contributed by atoms with E-state index in [0.29, 0.717) is 17.3 Å². The molecule has 3 heterocycles. The number of rotatable bonds is 9. The Balaban J connectivity index is 1.14. The van der Waals surface area contributed by atoms with Crippen LogP contribution in [0.3, 0.4) is 0 Å². The van der Waals surface area contributed by atoms with Gasteiger partial charge in [-0.05, 0) is 42.8 Å². The SMILES string of the molecule is O=C(NCCCN1CCN(Cc2ccccc2)CC1)C1CCCN(S(=O)(=O)c2cccs2)C1. The van der Waals surface area contributed by atoms with E-state index >= 15 is 0 Å². The van der Waals surface area contributed by atoms with Gasteiger partial charge in [-0.1, -0.05) is 36.4 Å². The minimum Gasteiger partial charge on any atom is -0.356 e. The van der Waals surface area contributed by atoms with E-state index in [-0.39, 0.29) is 18.4 Å². The molecule has 1 aromatic heterocycles. The maximum atomic E-state index is 12.8. The lowest BCUT2D eigenvalue weighted by molar-refractivity contribution is -0.126. The minimum absolute atomic E-state index is 0.0197. The predicted molar refractivity (Wildman–Crippen MR) is 132 cm³/mol. The highest BCUT2D eigenvalue weighted by Gasteiger charge is 2.33. The molecule has 1 unspecified atom stereocenters. The zero-order chi connectivity index (χ0) is 23.1. The number of nitrogens with one attached hydrogen (secondary N) is 1. The average molecular weight is 491 g/mol. The molecule has 2 fully saturated rings. The number of nitrogens with zero attached hydrogens (tertiary/aromatic N) is 3. The molecule has 2 aliphatic heterocycles. The van der Waals surface area contributed by atoms with Crippen LogP contribution in [0.1, 0.15) is 24.8 Å². The molecule has 0 saturated carbocycles. The number of piperazine rings is 1. The molecular weight excluding hydrogens is 456 g/mol. The third kappa shape index (κ3) is 6.64. The van der Waals surface area contributed by atoms with Crippen LogP contribution in [0.5, 0.6) is 0 Å². The summed E-state index contributed by atoms with van der Waals surface area (Å²) < 4.78 is 27.4. The van der Waals surface area contributed by atoms with Gasteiger partial charge in [0.2, 0.25) is 5.91 Å². The Hall–Kier alpha value is -1.78. The average Bonchev–Trinajstić information content (AvgIpc) is 3.40. The summed E-state index contributed by atoms with van der Waals surface area (Å²) in [6.45, 7) is 7.62. The predicted octanol–water partition coefficient (Wildman–Crippen LogP) is 2.47. The Morgan fingerprint density at radius 2 is 1.76 bits per heavy atom. The summed E-state index contributed by atoms with van der Waals surface area (Å²) in [4.78, 5) is 17.6.